The molecule has 0 fully saturated rings. The van der Waals surface area contributed by atoms with Crippen LogP contribution >= 0.6 is 0 Å². The molecule has 0 unspecified atom stereocenters. The number of carbonyl (C=O) groups excluding carboxylic acids is 1. The van der Waals surface area contributed by atoms with Crippen molar-refractivity contribution in [3.63, 3.8) is 0 Å². The van der Waals surface area contributed by atoms with Crippen molar-refractivity contribution in [3.05, 3.63) is 23.8 Å². The van der Waals surface area contributed by atoms with E-state index < -0.39 is 0 Å². The molecule has 0 aliphatic carbocycles. The molecule has 1 amide bonds. The summed E-state index contributed by atoms with van der Waals surface area (Å²) in [5.41, 5.74) is 7.48. The van der Waals surface area contributed by atoms with Gasteiger partial charge in [0, 0.05) is 13.0 Å². The number of nitrogens with one attached hydrogen (secondary N) is 1. The Balaban J connectivity index is 2.39. The van der Waals surface area contributed by atoms with Gasteiger partial charge in [0.25, 0.3) is 0 Å². The first-order valence-electron chi connectivity index (χ1n) is 6.36. The van der Waals surface area contributed by atoms with Crippen molar-refractivity contribution in [1.82, 2.24) is 5.32 Å². The van der Waals surface area contributed by atoms with E-state index in [1.807, 2.05) is 18.2 Å². The molecule has 0 aromatic heterocycles. The molecule has 0 aliphatic heterocycles. The number of rotatable bonds is 7. The van der Waals surface area contributed by atoms with Gasteiger partial charge in [0.1, 0.15) is 5.75 Å². The van der Waals surface area contributed by atoms with E-state index in [2.05, 4.69) is 12.2 Å². The summed E-state index contributed by atoms with van der Waals surface area (Å²) < 4.78 is 5.09. The average Bonchev–Trinajstić information content (AvgIpc) is 2.37. The molecule has 0 heterocycles. The van der Waals surface area contributed by atoms with Crippen molar-refractivity contribution < 1.29 is 9.53 Å². The zero-order chi connectivity index (χ0) is 13.4. The molecule has 0 radical (unpaired) electrons. The number of amides is 1. The Morgan fingerprint density at radius 2 is 2.22 bits per heavy atom. The van der Waals surface area contributed by atoms with Gasteiger partial charge in [-0.15, -0.1) is 0 Å². The van der Waals surface area contributed by atoms with E-state index in [-0.39, 0.29) is 5.91 Å². The molecule has 0 spiro atoms. The van der Waals surface area contributed by atoms with Crippen LogP contribution in [-0.4, -0.2) is 19.6 Å². The average molecular weight is 250 g/mol. The first-order chi connectivity index (χ1) is 8.67. The van der Waals surface area contributed by atoms with Crippen molar-refractivity contribution in [3.8, 4) is 5.75 Å². The van der Waals surface area contributed by atoms with Gasteiger partial charge in [-0.1, -0.05) is 19.4 Å². The summed E-state index contributed by atoms with van der Waals surface area (Å²) in [6.45, 7) is 2.87. The molecule has 0 atom stereocenters. The van der Waals surface area contributed by atoms with Crippen molar-refractivity contribution in [2.24, 2.45) is 0 Å². The van der Waals surface area contributed by atoms with Crippen LogP contribution in [0.5, 0.6) is 5.75 Å². The van der Waals surface area contributed by atoms with E-state index in [1.165, 1.54) is 0 Å². The number of benzene rings is 1. The minimum Gasteiger partial charge on any atom is -0.495 e. The number of hydrogen-bond donors (Lipinski definition) is 2. The van der Waals surface area contributed by atoms with Crippen LogP contribution in [0.4, 0.5) is 5.69 Å². The molecule has 0 bridgehead atoms. The number of nitrogens with two attached hydrogens (primary N) is 1. The topological polar surface area (TPSA) is 64.3 Å². The van der Waals surface area contributed by atoms with Gasteiger partial charge < -0.3 is 15.8 Å². The number of unbranched alkanes of at least 4 members (excludes halogenated alkanes) is 1. The molecular weight excluding hydrogens is 228 g/mol. The number of hydrogen-bond acceptors (Lipinski definition) is 3. The maximum absolute atomic E-state index is 11.5. The Hall–Kier alpha value is -1.71. The Labute approximate surface area is 109 Å². The van der Waals surface area contributed by atoms with Crippen molar-refractivity contribution in [2.45, 2.75) is 32.6 Å². The molecule has 3 N–H and O–H groups in total. The predicted octanol–water partition coefficient (Wildman–Crippen LogP) is 2.13. The highest BCUT2D eigenvalue weighted by Crippen LogP contribution is 2.22. The van der Waals surface area contributed by atoms with Crippen LogP contribution in [0.3, 0.4) is 0 Å². The van der Waals surface area contributed by atoms with Gasteiger partial charge in [0.2, 0.25) is 5.91 Å². The summed E-state index contributed by atoms with van der Waals surface area (Å²) in [6.07, 6.45) is 3.32. The number of aryl methyl sites for hydroxylation is 1. The molecule has 0 saturated heterocycles. The fourth-order valence-corrected chi connectivity index (χ4v) is 1.69. The quantitative estimate of drug-likeness (QED) is 0.575. The monoisotopic (exact) mass is 250 g/mol. The smallest absolute Gasteiger partial charge is 0.220 e. The number of carbonyl (C=O) groups is 1. The normalized spacial score (nSPS) is 10.1. The second-order valence-electron chi connectivity index (χ2n) is 4.28. The molecule has 100 valence electrons. The van der Waals surface area contributed by atoms with Crippen LogP contribution in [0.1, 0.15) is 31.7 Å². The number of methoxy groups -OCH3 is 1. The van der Waals surface area contributed by atoms with Gasteiger partial charge in [-0.05, 0) is 30.5 Å². The SMILES string of the molecule is CCCCNC(=O)CCc1ccc(OC)c(N)c1. The lowest BCUT2D eigenvalue weighted by atomic mass is 10.1. The third-order valence-corrected chi connectivity index (χ3v) is 2.79. The zero-order valence-corrected chi connectivity index (χ0v) is 11.2. The van der Waals surface area contributed by atoms with Gasteiger partial charge in [-0.25, -0.2) is 0 Å². The largest absolute Gasteiger partial charge is 0.495 e. The van der Waals surface area contributed by atoms with Gasteiger partial charge in [-0.2, -0.15) is 0 Å². The maximum atomic E-state index is 11.5. The van der Waals surface area contributed by atoms with Gasteiger partial charge in [0.05, 0.1) is 12.8 Å². The molecule has 18 heavy (non-hydrogen) atoms. The molecule has 4 nitrogen and oxygen atoms in total. The number of anilines is 1. The zero-order valence-electron chi connectivity index (χ0n) is 11.2. The minimum atomic E-state index is 0.0952. The second-order valence-corrected chi connectivity index (χ2v) is 4.28. The summed E-state index contributed by atoms with van der Waals surface area (Å²) in [6, 6.07) is 5.63. The van der Waals surface area contributed by atoms with E-state index >= 15 is 0 Å². The molecule has 0 saturated carbocycles. The summed E-state index contributed by atoms with van der Waals surface area (Å²) in [7, 11) is 1.59. The molecule has 0 aliphatic rings. The first-order valence-corrected chi connectivity index (χ1v) is 6.36. The second kappa shape index (κ2) is 7.58. The van der Waals surface area contributed by atoms with Crippen molar-refractivity contribution >= 4 is 11.6 Å². The lowest BCUT2D eigenvalue weighted by molar-refractivity contribution is -0.121. The van der Waals surface area contributed by atoms with Crippen molar-refractivity contribution in [2.75, 3.05) is 19.4 Å². The number of nitrogen functional groups attached to an aromatic ring is 1. The van der Waals surface area contributed by atoms with Gasteiger partial charge >= 0.3 is 0 Å². The van der Waals surface area contributed by atoms with Crippen LogP contribution in [0.25, 0.3) is 0 Å². The third kappa shape index (κ3) is 4.65. The van der Waals surface area contributed by atoms with E-state index in [0.29, 0.717) is 24.3 Å². The first kappa shape index (κ1) is 14.4. The summed E-state index contributed by atoms with van der Waals surface area (Å²) in [5.74, 6) is 0.768. The lowest BCUT2D eigenvalue weighted by Crippen LogP contribution is -2.24. The van der Waals surface area contributed by atoms with Crippen LogP contribution in [0.2, 0.25) is 0 Å². The minimum absolute atomic E-state index is 0.0952. The Morgan fingerprint density at radius 1 is 1.44 bits per heavy atom. The summed E-state index contributed by atoms with van der Waals surface area (Å²) >= 11 is 0. The Kier molecular flexibility index (Phi) is 6.05. The fraction of sp³-hybridized carbons (Fsp3) is 0.500. The predicted molar refractivity (Wildman–Crippen MR) is 73.6 cm³/mol. The van der Waals surface area contributed by atoms with Gasteiger partial charge in [-0.3, -0.25) is 4.79 Å². The van der Waals surface area contributed by atoms with E-state index in [4.69, 9.17) is 10.5 Å². The maximum Gasteiger partial charge on any atom is 0.220 e. The molecule has 1 rings (SSSR count). The van der Waals surface area contributed by atoms with E-state index in [1.54, 1.807) is 7.11 Å². The summed E-state index contributed by atoms with van der Waals surface area (Å²) in [4.78, 5) is 11.5. The van der Waals surface area contributed by atoms with Crippen LogP contribution in [0.15, 0.2) is 18.2 Å². The number of ether oxygens (including phenoxy) is 1. The fourth-order valence-electron chi connectivity index (χ4n) is 1.69. The van der Waals surface area contributed by atoms with Crippen LogP contribution < -0.4 is 15.8 Å². The molecular formula is C14H22N2O2. The highest BCUT2D eigenvalue weighted by molar-refractivity contribution is 5.76. The molecule has 4 heteroatoms. The summed E-state index contributed by atoms with van der Waals surface area (Å²) in [5, 5.41) is 2.90. The highest BCUT2D eigenvalue weighted by Gasteiger charge is 2.04. The lowest BCUT2D eigenvalue weighted by Gasteiger charge is -2.07. The standard InChI is InChI=1S/C14H22N2O2/c1-3-4-9-16-14(17)8-6-11-5-7-13(18-2)12(15)10-11/h5,7,10H,3-4,6,8-9,15H2,1-2H3,(H,16,17). The highest BCUT2D eigenvalue weighted by atomic mass is 16.5. The third-order valence-electron chi connectivity index (χ3n) is 2.79. The van der Waals surface area contributed by atoms with Gasteiger partial charge in [0.15, 0.2) is 0 Å². The van der Waals surface area contributed by atoms with Crippen LogP contribution in [0, 0.1) is 0 Å². The van der Waals surface area contributed by atoms with Crippen LogP contribution in [-0.2, 0) is 11.2 Å². The van der Waals surface area contributed by atoms with Crippen molar-refractivity contribution in [1.29, 1.82) is 0 Å². The molecule has 1 aromatic rings. The van der Waals surface area contributed by atoms with E-state index in [9.17, 15) is 4.79 Å². The molecule has 1 aromatic carbocycles. The Bertz CT molecular complexity index is 391. The Morgan fingerprint density at radius 3 is 2.83 bits per heavy atom. The van der Waals surface area contributed by atoms with E-state index in [0.717, 1.165) is 24.9 Å².